The second-order valence-corrected chi connectivity index (χ2v) is 0. The fourth-order valence-electron chi connectivity index (χ4n) is 0. The van der Waals surface area contributed by atoms with Crippen LogP contribution in [0.3, 0.4) is 0 Å². The van der Waals surface area contributed by atoms with E-state index in [1.165, 1.54) is 0 Å². The van der Waals surface area contributed by atoms with Crippen molar-refractivity contribution in [2.45, 2.75) is 0 Å². The largest absolute Gasteiger partial charge is 0 e. The Balaban J connectivity index is 0. The van der Waals surface area contributed by atoms with Gasteiger partial charge < -0.3 is 0 Å². The summed E-state index contributed by atoms with van der Waals surface area (Å²) in [6, 6.07) is 0. The minimum absolute atomic E-state index is 0. The number of hydrogen-bond donors (Lipinski definition) is 0. The van der Waals surface area contributed by atoms with Crippen LogP contribution in [-0.2, 0) is 0 Å². The van der Waals surface area contributed by atoms with E-state index in [1.807, 2.05) is 0 Å². The van der Waals surface area contributed by atoms with E-state index in [0.29, 0.717) is 0 Å². The van der Waals surface area contributed by atoms with Gasteiger partial charge in [0.05, 0.1) is 0 Å². The van der Waals surface area contributed by atoms with E-state index < -0.39 is 0 Å². The third-order valence-corrected chi connectivity index (χ3v) is 0. The van der Waals surface area contributed by atoms with Crippen molar-refractivity contribution < 1.29 is 49.4 Å². The van der Waals surface area contributed by atoms with Gasteiger partial charge in [0.25, 0.3) is 0 Å². The average molecular weight is 1810 g/mol. The molecule has 0 saturated carbocycles. The number of hydrogen-bond acceptors (Lipinski definition) is 0. The standard InChI is InChI=1S/Eu.10Na.12Sn. The Kier molecular flexibility index (Phi) is 1370. The molecule has 0 fully saturated rings. The zero-order valence-electron chi connectivity index (χ0n) is 16.4. The van der Waals surface area contributed by atoms with Crippen LogP contribution in [0, 0.1) is 49.4 Å². The Morgan fingerprint density at radius 3 is 0.130 bits per heavy atom. The van der Waals surface area contributed by atoms with Crippen molar-refractivity contribution in [1.29, 1.82) is 0 Å². The molecule has 0 N–H and O–H groups in total. The molecule has 23 heteroatoms. The van der Waals surface area contributed by atoms with Gasteiger partial charge in [0, 0.05) is 632 Å². The third kappa shape index (κ3) is 163. The molecule has 0 amide bonds. The molecule has 0 unspecified atom stereocenters. The smallest absolute Gasteiger partial charge is 0 e. The first-order chi connectivity index (χ1) is 0. The minimum atomic E-state index is 0. The van der Waals surface area contributed by atoms with E-state index in [4.69, 9.17) is 0 Å². The summed E-state index contributed by atoms with van der Waals surface area (Å²) in [5.74, 6) is 0. The van der Waals surface area contributed by atoms with Crippen molar-refractivity contribution in [2.24, 2.45) is 0 Å². The molecule has 0 aliphatic carbocycles. The summed E-state index contributed by atoms with van der Waals surface area (Å²) in [6.07, 6.45) is 0. The fourth-order valence-corrected chi connectivity index (χ4v) is 0. The van der Waals surface area contributed by atoms with Gasteiger partial charge in [-0.15, -0.1) is 0 Å². The van der Waals surface area contributed by atoms with Crippen LogP contribution in [0.5, 0.6) is 0 Å². The van der Waals surface area contributed by atoms with Crippen molar-refractivity contribution >= 4 is 582 Å². The maximum Gasteiger partial charge on any atom is 0 e. The molecule has 0 aliphatic heterocycles. The van der Waals surface area contributed by atoms with Crippen molar-refractivity contribution in [3.05, 3.63) is 0 Å². The molecule has 0 atom stereocenters. The maximum atomic E-state index is 0. The Hall–Kier alpha value is 21.2. The third-order valence-electron chi connectivity index (χ3n) is 0. The van der Waals surface area contributed by atoms with Crippen molar-refractivity contribution in [3.63, 3.8) is 0 Å². The van der Waals surface area contributed by atoms with Crippen LogP contribution in [0.2, 0.25) is 0 Å². The van der Waals surface area contributed by atoms with E-state index in [9.17, 15) is 0 Å². The average Bonchev–Trinajstić information content (AvgIpc) is 0. The van der Waals surface area contributed by atoms with Crippen LogP contribution in [-0.4, -0.2) is 582 Å². The van der Waals surface area contributed by atoms with Gasteiger partial charge in [-0.2, -0.15) is 0 Å². The Morgan fingerprint density at radius 2 is 0.130 bits per heavy atom. The van der Waals surface area contributed by atoms with Crippen LogP contribution < -0.4 is 0 Å². The summed E-state index contributed by atoms with van der Waals surface area (Å²) < 4.78 is 0. The van der Waals surface area contributed by atoms with Crippen LogP contribution in [0.15, 0.2) is 0 Å². The molecule has 0 nitrogen and oxygen atoms in total. The quantitative estimate of drug-likeness (QED) is 0.212. The van der Waals surface area contributed by atoms with Gasteiger partial charge in [0.2, 0.25) is 0 Å². The molecule has 0 saturated heterocycles. The summed E-state index contributed by atoms with van der Waals surface area (Å²) in [5, 5.41) is 0. The van der Waals surface area contributed by atoms with E-state index in [2.05, 4.69) is 0 Å². The molecule has 0 spiro atoms. The minimum Gasteiger partial charge on any atom is 0 e. The molecule has 0 aromatic heterocycles. The van der Waals surface area contributed by atoms with Gasteiger partial charge in [-0.1, -0.05) is 0 Å². The van der Waals surface area contributed by atoms with Crippen LogP contribution in [0.4, 0.5) is 0 Å². The first-order valence-corrected chi connectivity index (χ1v) is 0. The fraction of sp³-hybridized carbons (Fsp3) is 0. The predicted molar refractivity (Wildman–Crippen MR) is 127 cm³/mol. The zero-order chi connectivity index (χ0) is 0. The first kappa shape index (κ1) is 184. The van der Waals surface area contributed by atoms with Gasteiger partial charge in [0.1, 0.15) is 0 Å². The van der Waals surface area contributed by atoms with E-state index in [0.717, 1.165) is 0 Å². The molecular weight excluding hydrogens is 1810 g/mol. The van der Waals surface area contributed by atoms with E-state index >= 15 is 0 Å². The Labute approximate surface area is 609 Å². The molecular formula is EuNa10Sn12. The topological polar surface area (TPSA) is 0 Å². The van der Waals surface area contributed by atoms with Crippen molar-refractivity contribution in [1.82, 2.24) is 0 Å². The van der Waals surface area contributed by atoms with Crippen LogP contribution in [0.1, 0.15) is 0 Å². The monoisotopic (exact) mass is 1820 g/mol. The summed E-state index contributed by atoms with van der Waals surface area (Å²) in [4.78, 5) is 0. The van der Waals surface area contributed by atoms with Gasteiger partial charge in [-0.25, -0.2) is 0 Å². The van der Waals surface area contributed by atoms with Crippen LogP contribution in [0.25, 0.3) is 0 Å². The molecule has 0 aromatic carbocycles. The summed E-state index contributed by atoms with van der Waals surface area (Å²) in [6.45, 7) is 0. The van der Waals surface area contributed by atoms with Gasteiger partial charge in [-0.05, 0) is 0 Å². The zero-order valence-corrected chi connectivity index (χ0v) is 73.1. The number of rotatable bonds is 0. The molecule has 0 bridgehead atoms. The Morgan fingerprint density at radius 1 is 0.130 bits per heavy atom. The molecule has 65 valence electrons. The van der Waals surface area contributed by atoms with Gasteiger partial charge in [-0.3, -0.25) is 0 Å². The maximum absolute atomic E-state index is 0. The summed E-state index contributed by atoms with van der Waals surface area (Å²) >= 11 is 0. The molecule has 0 rings (SSSR count). The molecule has 0 aliphatic rings. The van der Waals surface area contributed by atoms with Crippen molar-refractivity contribution in [2.75, 3.05) is 0 Å². The molecule has 59 radical (unpaired) electrons. The molecule has 23 heavy (non-hydrogen) atoms. The van der Waals surface area contributed by atoms with E-state index in [1.54, 1.807) is 0 Å². The second kappa shape index (κ2) is 171. The first-order valence-electron chi connectivity index (χ1n) is 0. The molecule has 0 heterocycles. The van der Waals surface area contributed by atoms with Crippen LogP contribution >= 0.6 is 0 Å². The second-order valence-electron chi connectivity index (χ2n) is 0. The van der Waals surface area contributed by atoms with Gasteiger partial charge in [0.15, 0.2) is 0 Å². The van der Waals surface area contributed by atoms with Gasteiger partial charge >= 0.3 is 0 Å². The molecule has 0 aromatic rings. The summed E-state index contributed by atoms with van der Waals surface area (Å²) in [5.41, 5.74) is 0. The normalized spacial score (nSPS) is 0. The Bertz CT molecular complexity index is 27.8. The van der Waals surface area contributed by atoms with Crippen molar-refractivity contribution in [3.8, 4) is 0 Å². The SMILES string of the molecule is [Eu].[Na].[Na].[Na].[Na].[Na].[Na].[Na].[Na].[Na].[Na].[Sn].[Sn].[Sn].[Sn].[Sn].[Sn].[Sn].[Sn].[Sn].[Sn].[Sn].[Sn]. The predicted octanol–water partition coefficient (Wildman–Crippen LogP) is -8.38. The summed E-state index contributed by atoms with van der Waals surface area (Å²) in [7, 11) is 0. The van der Waals surface area contributed by atoms with E-state index in [-0.39, 0.29) is 632 Å².